The van der Waals surface area contributed by atoms with Crippen LogP contribution in [0.4, 0.5) is 5.69 Å². The van der Waals surface area contributed by atoms with Crippen molar-refractivity contribution in [3.8, 4) is 5.75 Å². The molecule has 0 radical (unpaired) electrons. The van der Waals surface area contributed by atoms with Gasteiger partial charge in [-0.15, -0.1) is 11.3 Å². The molecule has 1 amide bonds. The van der Waals surface area contributed by atoms with Gasteiger partial charge in [-0.25, -0.2) is 0 Å². The fourth-order valence-electron chi connectivity index (χ4n) is 2.25. The quantitative estimate of drug-likeness (QED) is 0.639. The summed E-state index contributed by atoms with van der Waals surface area (Å²) in [5.74, 6) is 0.447. The maximum absolute atomic E-state index is 12.5. The summed E-state index contributed by atoms with van der Waals surface area (Å²) in [5, 5.41) is 4.25. The Balaban J connectivity index is 1.76. The molecule has 0 aliphatic heterocycles. The van der Waals surface area contributed by atoms with Crippen LogP contribution >= 0.6 is 22.9 Å². The van der Waals surface area contributed by atoms with Crippen LogP contribution in [0.15, 0.2) is 48.5 Å². The van der Waals surface area contributed by atoms with Crippen molar-refractivity contribution in [1.29, 1.82) is 0 Å². The Morgan fingerprint density at radius 1 is 1.17 bits per heavy atom. The number of nitrogens with one attached hydrogen (secondary N) is 1. The SMILES string of the molecule is COCCOc1cccc(NC(=O)c2sc3ccccc3c2Cl)c1. The monoisotopic (exact) mass is 361 g/mol. The Morgan fingerprint density at radius 3 is 2.79 bits per heavy atom. The Labute approximate surface area is 149 Å². The van der Waals surface area contributed by atoms with Crippen molar-refractivity contribution in [2.75, 3.05) is 25.6 Å². The molecule has 0 aliphatic carbocycles. The number of amides is 1. The van der Waals surface area contributed by atoms with Crippen LogP contribution in [0, 0.1) is 0 Å². The number of thiophene rings is 1. The second-order valence-corrected chi connectivity index (χ2v) is 6.49. The highest BCUT2D eigenvalue weighted by atomic mass is 35.5. The normalized spacial score (nSPS) is 10.8. The molecule has 0 saturated heterocycles. The van der Waals surface area contributed by atoms with E-state index in [1.807, 2.05) is 42.5 Å². The molecule has 3 aromatic rings. The van der Waals surface area contributed by atoms with Crippen LogP contribution in [-0.2, 0) is 4.74 Å². The number of benzene rings is 2. The van der Waals surface area contributed by atoms with Gasteiger partial charge >= 0.3 is 0 Å². The minimum absolute atomic E-state index is 0.227. The summed E-state index contributed by atoms with van der Waals surface area (Å²) in [4.78, 5) is 13.0. The Hall–Kier alpha value is -2.08. The number of methoxy groups -OCH3 is 1. The summed E-state index contributed by atoms with van der Waals surface area (Å²) < 4.78 is 11.5. The van der Waals surface area contributed by atoms with Crippen molar-refractivity contribution in [3.63, 3.8) is 0 Å². The molecule has 1 N–H and O–H groups in total. The molecule has 124 valence electrons. The predicted octanol–water partition coefficient (Wildman–Crippen LogP) is 4.83. The predicted molar refractivity (Wildman–Crippen MR) is 98.6 cm³/mol. The lowest BCUT2D eigenvalue weighted by Gasteiger charge is -2.08. The van der Waals surface area contributed by atoms with Crippen LogP contribution in [-0.4, -0.2) is 26.2 Å². The van der Waals surface area contributed by atoms with Crippen LogP contribution in [0.5, 0.6) is 5.75 Å². The van der Waals surface area contributed by atoms with Gasteiger partial charge in [0.1, 0.15) is 17.2 Å². The summed E-state index contributed by atoms with van der Waals surface area (Å²) in [5.41, 5.74) is 0.656. The van der Waals surface area contributed by atoms with Gasteiger partial charge in [0.2, 0.25) is 0 Å². The first kappa shape index (κ1) is 16.8. The van der Waals surface area contributed by atoms with E-state index in [9.17, 15) is 4.79 Å². The van der Waals surface area contributed by atoms with Gasteiger partial charge < -0.3 is 14.8 Å². The molecule has 3 rings (SSSR count). The lowest BCUT2D eigenvalue weighted by Crippen LogP contribution is -2.11. The van der Waals surface area contributed by atoms with E-state index in [1.165, 1.54) is 11.3 Å². The molecule has 0 bridgehead atoms. The van der Waals surface area contributed by atoms with E-state index in [2.05, 4.69) is 5.32 Å². The molecule has 24 heavy (non-hydrogen) atoms. The fraction of sp³-hybridized carbons (Fsp3) is 0.167. The summed E-state index contributed by atoms with van der Waals surface area (Å²) in [6.07, 6.45) is 0. The van der Waals surface area contributed by atoms with Crippen molar-refractivity contribution in [2.24, 2.45) is 0 Å². The second-order valence-electron chi connectivity index (χ2n) is 5.06. The third-order valence-corrected chi connectivity index (χ3v) is 5.06. The average Bonchev–Trinajstić information content (AvgIpc) is 2.93. The molecular formula is C18H16ClNO3S. The Morgan fingerprint density at radius 2 is 2.00 bits per heavy atom. The largest absolute Gasteiger partial charge is 0.491 e. The molecule has 0 saturated carbocycles. The zero-order chi connectivity index (χ0) is 16.9. The molecule has 2 aromatic carbocycles. The van der Waals surface area contributed by atoms with E-state index >= 15 is 0 Å². The number of fused-ring (bicyclic) bond motifs is 1. The Kier molecular flexibility index (Phi) is 5.35. The van der Waals surface area contributed by atoms with Crippen LogP contribution in [0.25, 0.3) is 10.1 Å². The third kappa shape index (κ3) is 3.70. The molecule has 0 spiro atoms. The smallest absolute Gasteiger partial charge is 0.267 e. The lowest BCUT2D eigenvalue weighted by molar-refractivity contribution is 0.103. The number of carbonyl (C=O) groups is 1. The van der Waals surface area contributed by atoms with Crippen molar-refractivity contribution in [2.45, 2.75) is 0 Å². The van der Waals surface area contributed by atoms with Gasteiger partial charge in [0, 0.05) is 28.9 Å². The molecule has 0 atom stereocenters. The number of carbonyl (C=O) groups excluding carboxylic acids is 1. The first-order valence-electron chi connectivity index (χ1n) is 7.39. The highest BCUT2D eigenvalue weighted by Crippen LogP contribution is 2.35. The third-order valence-electron chi connectivity index (χ3n) is 3.39. The van der Waals surface area contributed by atoms with Crippen LogP contribution in [0.2, 0.25) is 5.02 Å². The zero-order valence-corrected chi connectivity index (χ0v) is 14.6. The summed E-state index contributed by atoms with van der Waals surface area (Å²) in [7, 11) is 1.62. The minimum atomic E-state index is -0.227. The highest BCUT2D eigenvalue weighted by Gasteiger charge is 2.17. The van der Waals surface area contributed by atoms with Crippen molar-refractivity contribution in [3.05, 3.63) is 58.4 Å². The van der Waals surface area contributed by atoms with E-state index in [1.54, 1.807) is 13.2 Å². The van der Waals surface area contributed by atoms with Gasteiger partial charge in [0.05, 0.1) is 11.6 Å². The van der Waals surface area contributed by atoms with Crippen LogP contribution < -0.4 is 10.1 Å². The molecule has 1 aromatic heterocycles. The summed E-state index contributed by atoms with van der Waals surface area (Å²) in [6, 6.07) is 14.9. The number of hydrogen-bond donors (Lipinski definition) is 1. The maximum Gasteiger partial charge on any atom is 0.267 e. The lowest BCUT2D eigenvalue weighted by atomic mass is 10.2. The van der Waals surface area contributed by atoms with E-state index in [4.69, 9.17) is 21.1 Å². The first-order valence-corrected chi connectivity index (χ1v) is 8.58. The standard InChI is InChI=1S/C18H16ClNO3S/c1-22-9-10-23-13-6-4-5-12(11-13)20-18(21)17-16(19)14-7-2-3-8-15(14)24-17/h2-8,11H,9-10H2,1H3,(H,20,21). The van der Waals surface area contributed by atoms with Crippen molar-refractivity contribution >= 4 is 44.6 Å². The van der Waals surface area contributed by atoms with Gasteiger partial charge in [0.15, 0.2) is 0 Å². The van der Waals surface area contributed by atoms with E-state index in [-0.39, 0.29) is 5.91 Å². The molecule has 1 heterocycles. The van der Waals surface area contributed by atoms with E-state index < -0.39 is 0 Å². The fourth-order valence-corrected chi connectivity index (χ4v) is 3.67. The van der Waals surface area contributed by atoms with Crippen molar-refractivity contribution < 1.29 is 14.3 Å². The molecule has 4 nitrogen and oxygen atoms in total. The van der Waals surface area contributed by atoms with E-state index in [0.717, 1.165) is 10.1 Å². The topological polar surface area (TPSA) is 47.6 Å². The van der Waals surface area contributed by atoms with Crippen LogP contribution in [0.1, 0.15) is 9.67 Å². The van der Waals surface area contributed by atoms with Gasteiger partial charge in [-0.1, -0.05) is 35.9 Å². The average molecular weight is 362 g/mol. The first-order chi connectivity index (χ1) is 11.7. The molecule has 6 heteroatoms. The maximum atomic E-state index is 12.5. The number of halogens is 1. The van der Waals surface area contributed by atoms with Gasteiger partial charge in [-0.2, -0.15) is 0 Å². The van der Waals surface area contributed by atoms with Crippen molar-refractivity contribution in [1.82, 2.24) is 0 Å². The van der Waals surface area contributed by atoms with Gasteiger partial charge in [0.25, 0.3) is 5.91 Å². The molecule has 0 fully saturated rings. The number of rotatable bonds is 6. The second kappa shape index (κ2) is 7.66. The molecule has 0 unspecified atom stereocenters. The number of hydrogen-bond acceptors (Lipinski definition) is 4. The number of anilines is 1. The summed E-state index contributed by atoms with van der Waals surface area (Å²) >= 11 is 7.73. The molecular weight excluding hydrogens is 346 g/mol. The zero-order valence-electron chi connectivity index (χ0n) is 13.0. The highest BCUT2D eigenvalue weighted by molar-refractivity contribution is 7.21. The van der Waals surface area contributed by atoms with Crippen LogP contribution in [0.3, 0.4) is 0 Å². The Bertz CT molecular complexity index is 862. The van der Waals surface area contributed by atoms with Gasteiger partial charge in [-0.05, 0) is 18.2 Å². The van der Waals surface area contributed by atoms with E-state index in [0.29, 0.717) is 34.6 Å². The number of ether oxygens (including phenoxy) is 2. The summed E-state index contributed by atoms with van der Waals surface area (Å²) in [6.45, 7) is 0.962. The minimum Gasteiger partial charge on any atom is -0.491 e. The van der Waals surface area contributed by atoms with Gasteiger partial charge in [-0.3, -0.25) is 4.79 Å². The molecule has 0 aliphatic rings.